The molecular formula is C13H33NY-2. The van der Waals surface area contributed by atoms with Crippen LogP contribution in [0.5, 0.6) is 0 Å². The van der Waals surface area contributed by atoms with Crippen molar-refractivity contribution in [2.75, 3.05) is 0 Å². The van der Waals surface area contributed by atoms with Crippen LogP contribution in [-0.4, -0.2) is 5.54 Å². The topological polar surface area (TPSA) is 23.8 Å². The van der Waals surface area contributed by atoms with Crippen molar-refractivity contribution in [2.24, 2.45) is 5.41 Å². The number of hydrogen-bond acceptors (Lipinski definition) is 0. The van der Waals surface area contributed by atoms with Crippen LogP contribution >= 0.6 is 0 Å². The molecule has 0 amide bonds. The summed E-state index contributed by atoms with van der Waals surface area (Å²) in [6.07, 6.45) is 2.29. The monoisotopic (exact) mass is 292 g/mol. The van der Waals surface area contributed by atoms with E-state index in [1.165, 1.54) is 6.42 Å². The first-order valence-electron chi connectivity index (χ1n) is 4.60. The average molecular weight is 292 g/mol. The molecular weight excluding hydrogens is 259 g/mol. The summed E-state index contributed by atoms with van der Waals surface area (Å²) in [7, 11) is 0. The van der Waals surface area contributed by atoms with E-state index in [1.54, 1.807) is 0 Å². The summed E-state index contributed by atoms with van der Waals surface area (Å²) in [5.41, 5.74) is 7.18. The molecule has 0 heterocycles. The average Bonchev–Trinajstić information content (AvgIpc) is 1.54. The zero-order valence-corrected chi connectivity index (χ0v) is 13.0. The molecule has 0 saturated carbocycles. The second kappa shape index (κ2) is 13.1. The molecule has 0 aliphatic carbocycles. The maximum atomic E-state index is 6.94. The molecule has 95 valence electrons. The molecule has 0 rings (SSSR count). The van der Waals surface area contributed by atoms with Crippen molar-refractivity contribution in [3.8, 4) is 0 Å². The van der Waals surface area contributed by atoms with E-state index in [4.69, 9.17) is 5.73 Å². The van der Waals surface area contributed by atoms with Crippen molar-refractivity contribution < 1.29 is 32.7 Å². The minimum absolute atomic E-state index is 0. The van der Waals surface area contributed by atoms with Crippen LogP contribution in [0.4, 0.5) is 0 Å². The van der Waals surface area contributed by atoms with Gasteiger partial charge in [-0.3, -0.25) is 0 Å². The van der Waals surface area contributed by atoms with Crippen LogP contribution in [0.3, 0.4) is 0 Å². The maximum absolute atomic E-state index is 6.94. The minimum atomic E-state index is -0.250. The van der Waals surface area contributed by atoms with Gasteiger partial charge in [-0.15, -0.1) is 5.54 Å². The Morgan fingerprint density at radius 1 is 0.933 bits per heavy atom. The van der Waals surface area contributed by atoms with Gasteiger partial charge >= 0.3 is 0 Å². The summed E-state index contributed by atoms with van der Waals surface area (Å²) < 4.78 is 0. The van der Waals surface area contributed by atoms with Crippen LogP contribution < -0.4 is 0 Å². The Morgan fingerprint density at radius 3 is 1.13 bits per heavy atom. The molecule has 1 N–H and O–H groups in total. The van der Waals surface area contributed by atoms with Gasteiger partial charge in [-0.25, -0.2) is 0 Å². The molecule has 0 atom stereocenters. The first-order chi connectivity index (χ1) is 5.06. The zero-order valence-electron chi connectivity index (χ0n) is 10.2. The molecule has 0 unspecified atom stereocenters. The van der Waals surface area contributed by atoms with E-state index in [1.807, 2.05) is 20.8 Å². The van der Waals surface area contributed by atoms with Crippen LogP contribution in [0.2, 0.25) is 0 Å². The molecule has 1 radical (unpaired) electrons. The van der Waals surface area contributed by atoms with Crippen LogP contribution in [-0.2, 0) is 32.7 Å². The van der Waals surface area contributed by atoms with Gasteiger partial charge in [0.2, 0.25) is 0 Å². The molecule has 0 bridgehead atoms. The van der Waals surface area contributed by atoms with E-state index in [2.05, 4.69) is 27.7 Å². The third kappa shape index (κ3) is 100. The van der Waals surface area contributed by atoms with Crippen molar-refractivity contribution >= 4 is 0 Å². The van der Waals surface area contributed by atoms with E-state index in [0.717, 1.165) is 6.42 Å². The first-order valence-corrected chi connectivity index (χ1v) is 4.60. The van der Waals surface area contributed by atoms with Gasteiger partial charge < -0.3 is 12.7 Å². The summed E-state index contributed by atoms with van der Waals surface area (Å²) >= 11 is 0. The van der Waals surface area contributed by atoms with E-state index < -0.39 is 0 Å². The second-order valence-electron chi connectivity index (χ2n) is 5.41. The number of rotatable bonds is 1. The predicted molar refractivity (Wildman–Crippen MR) is 71.6 cm³/mol. The van der Waals surface area contributed by atoms with Crippen molar-refractivity contribution in [3.05, 3.63) is 12.7 Å². The van der Waals surface area contributed by atoms with Crippen LogP contribution in [0.25, 0.3) is 5.73 Å². The molecule has 0 aliphatic rings. The molecule has 0 aromatic rings. The third-order valence-electron chi connectivity index (χ3n) is 0.927. The van der Waals surface area contributed by atoms with Crippen LogP contribution in [0, 0.1) is 12.3 Å². The van der Waals surface area contributed by atoms with Crippen molar-refractivity contribution in [2.45, 2.75) is 74.8 Å². The number of nitrogens with one attached hydrogen (secondary N) is 1. The van der Waals surface area contributed by atoms with Gasteiger partial charge in [-0.05, 0) is 5.41 Å². The van der Waals surface area contributed by atoms with E-state index in [-0.39, 0.29) is 53.1 Å². The minimum Gasteiger partial charge on any atom is -0.673 e. The quantitative estimate of drug-likeness (QED) is 0.549. The summed E-state index contributed by atoms with van der Waals surface area (Å²) in [5.74, 6) is 0. The maximum Gasteiger partial charge on any atom is 0 e. The van der Waals surface area contributed by atoms with Gasteiger partial charge in [0, 0.05) is 32.7 Å². The van der Waals surface area contributed by atoms with Gasteiger partial charge in [-0.2, -0.15) is 6.42 Å². The van der Waals surface area contributed by atoms with Crippen LogP contribution in [0.1, 0.15) is 69.2 Å². The first kappa shape index (κ1) is 29.8. The fourth-order valence-corrected chi connectivity index (χ4v) is 0.530. The second-order valence-corrected chi connectivity index (χ2v) is 5.41. The summed E-state index contributed by atoms with van der Waals surface area (Å²) in [6.45, 7) is 16.0. The molecule has 0 fully saturated rings. The fraction of sp³-hybridized carbons (Fsp3) is 0.923. The smallest absolute Gasteiger partial charge is 0 e. The Balaban J connectivity index is -0.0000000383. The molecule has 0 aromatic carbocycles. The van der Waals surface area contributed by atoms with Crippen molar-refractivity contribution in [3.63, 3.8) is 0 Å². The molecule has 15 heavy (non-hydrogen) atoms. The van der Waals surface area contributed by atoms with Crippen LogP contribution in [0.15, 0.2) is 0 Å². The molecule has 1 nitrogen and oxygen atoms in total. The Bertz CT molecular complexity index is 92.1. The SMILES string of the molecule is C.C.CC(C)(C)[NH-].[CH2-]CCC(C)(C)C.[Y]. The van der Waals surface area contributed by atoms with Gasteiger partial charge in [0.25, 0.3) is 0 Å². The normalized spacial score (nSPS) is 9.60. The molecule has 0 spiro atoms. The molecule has 0 aromatic heterocycles. The van der Waals surface area contributed by atoms with Crippen molar-refractivity contribution in [1.82, 2.24) is 0 Å². The predicted octanol–water partition coefficient (Wildman–Crippen LogP) is 5.75. The molecule has 0 aliphatic heterocycles. The van der Waals surface area contributed by atoms with Crippen molar-refractivity contribution in [1.29, 1.82) is 0 Å². The Hall–Kier alpha value is 1.06. The van der Waals surface area contributed by atoms with E-state index >= 15 is 0 Å². The summed E-state index contributed by atoms with van der Waals surface area (Å²) in [5, 5.41) is 0. The fourth-order valence-electron chi connectivity index (χ4n) is 0.530. The summed E-state index contributed by atoms with van der Waals surface area (Å²) in [6, 6.07) is 0. The molecule has 2 heteroatoms. The standard InChI is InChI=1S/C7H15.C4H10N.2CH4.Y/c1-5-6-7(2,3)4;1-4(2,3)5;;;/h1,5-6H2,2-4H3;5H,1-3H3;2*1H4;/q2*-1;;;. The Kier molecular flexibility index (Phi) is 26.1. The number of hydrogen-bond donors (Lipinski definition) is 0. The van der Waals surface area contributed by atoms with Gasteiger partial charge in [0.05, 0.1) is 0 Å². The summed E-state index contributed by atoms with van der Waals surface area (Å²) in [4.78, 5) is 0. The van der Waals surface area contributed by atoms with Gasteiger partial charge in [-0.1, -0.05) is 62.8 Å². The van der Waals surface area contributed by atoms with E-state index in [9.17, 15) is 0 Å². The zero-order chi connectivity index (χ0) is 10.4. The Morgan fingerprint density at radius 2 is 1.13 bits per heavy atom. The Labute approximate surface area is 125 Å². The molecule has 0 saturated heterocycles. The third-order valence-corrected chi connectivity index (χ3v) is 0.927. The van der Waals surface area contributed by atoms with Gasteiger partial charge in [0.15, 0.2) is 0 Å². The van der Waals surface area contributed by atoms with E-state index in [0.29, 0.717) is 5.41 Å². The largest absolute Gasteiger partial charge is 0.673 e. The van der Waals surface area contributed by atoms with Gasteiger partial charge in [0.1, 0.15) is 0 Å².